The van der Waals surface area contributed by atoms with Crippen LogP contribution in [0.4, 0.5) is 0 Å². The minimum atomic E-state index is -0.630. The van der Waals surface area contributed by atoms with Crippen molar-refractivity contribution in [2.45, 2.75) is 19.3 Å². The van der Waals surface area contributed by atoms with Gasteiger partial charge in [-0.25, -0.2) is 4.98 Å². The summed E-state index contributed by atoms with van der Waals surface area (Å²) in [5, 5.41) is 8.99. The molecule has 6 aromatic carbocycles. The predicted molar refractivity (Wildman–Crippen MR) is 209 cm³/mol. The standard InChI is InChI=1S/C46H34NP/c1-2-5-15-37(14-4-1)48(38-16-6-3-7-17-38)39-28-24-33(25-29-39)32-20-22-36(23-21-32)44-42-30-26-34-12-8-10-18-40(34)45(42)47-46-41-19-11-9-13-35(41)27-31-43(44)46/h1-4,6-8,10-12,14-31H,5,9,13H2. The molecule has 1 nitrogen and oxygen atoms in total. The van der Waals surface area contributed by atoms with Crippen LogP contribution in [0.2, 0.25) is 0 Å². The Bertz CT molecular complexity index is 2450. The molecule has 1 heterocycles. The van der Waals surface area contributed by atoms with Gasteiger partial charge in [-0.15, -0.1) is 0 Å². The molecule has 0 spiro atoms. The number of allylic oxidation sites excluding steroid dienone is 7. The van der Waals surface area contributed by atoms with E-state index in [2.05, 4.69) is 170 Å². The lowest BCUT2D eigenvalue weighted by molar-refractivity contribution is 0.988. The summed E-state index contributed by atoms with van der Waals surface area (Å²) < 4.78 is 0. The zero-order valence-corrected chi connectivity index (χ0v) is 27.6. The molecule has 1 unspecified atom stereocenters. The highest BCUT2D eigenvalue weighted by Gasteiger charge is 2.19. The molecule has 2 aliphatic rings. The number of pyridine rings is 1. The van der Waals surface area contributed by atoms with Crippen LogP contribution in [0.3, 0.4) is 0 Å². The average Bonchev–Trinajstić information content (AvgIpc) is 3.44. The molecular formula is C46H34NP. The van der Waals surface area contributed by atoms with Gasteiger partial charge in [-0.1, -0.05) is 170 Å². The first-order valence-corrected chi connectivity index (χ1v) is 18.2. The lowest BCUT2D eigenvalue weighted by Crippen LogP contribution is -2.12. The maximum absolute atomic E-state index is 5.39. The molecule has 1 aromatic heterocycles. The molecule has 0 bridgehead atoms. The fraction of sp³-hybridized carbons (Fsp3) is 0.0652. The van der Waals surface area contributed by atoms with E-state index in [0.29, 0.717) is 0 Å². The minimum Gasteiger partial charge on any atom is -0.246 e. The lowest BCUT2D eigenvalue weighted by Gasteiger charge is -2.20. The van der Waals surface area contributed by atoms with E-state index in [1.807, 2.05) is 0 Å². The molecule has 2 heteroatoms. The number of aryl methyl sites for hydroxylation is 1. The van der Waals surface area contributed by atoms with Crippen molar-refractivity contribution >= 4 is 57.2 Å². The van der Waals surface area contributed by atoms with Crippen molar-refractivity contribution in [3.05, 3.63) is 180 Å². The number of hydrogen-bond donors (Lipinski definition) is 0. The van der Waals surface area contributed by atoms with Gasteiger partial charge in [0.05, 0.1) is 11.0 Å². The van der Waals surface area contributed by atoms with Crippen LogP contribution in [0, 0.1) is 0 Å². The highest BCUT2D eigenvalue weighted by Crippen LogP contribution is 2.45. The summed E-state index contributed by atoms with van der Waals surface area (Å²) in [5.41, 5.74) is 9.77. The smallest absolute Gasteiger partial charge is 0.0794 e. The van der Waals surface area contributed by atoms with Crippen LogP contribution >= 0.6 is 7.92 Å². The molecule has 0 amide bonds. The number of rotatable bonds is 5. The molecule has 228 valence electrons. The predicted octanol–water partition coefficient (Wildman–Crippen LogP) is 11.7. The monoisotopic (exact) mass is 631 g/mol. The van der Waals surface area contributed by atoms with E-state index in [1.54, 1.807) is 0 Å². The van der Waals surface area contributed by atoms with Gasteiger partial charge in [0.2, 0.25) is 0 Å². The molecule has 0 saturated heterocycles. The Morgan fingerprint density at radius 3 is 2.08 bits per heavy atom. The van der Waals surface area contributed by atoms with Crippen LogP contribution in [-0.2, 0) is 6.42 Å². The molecule has 0 N–H and O–H groups in total. The summed E-state index contributed by atoms with van der Waals surface area (Å²) in [4.78, 5) is 5.39. The molecule has 0 radical (unpaired) electrons. The van der Waals surface area contributed by atoms with Crippen LogP contribution < -0.4 is 10.6 Å². The normalized spacial score (nSPS) is 14.6. The van der Waals surface area contributed by atoms with Crippen LogP contribution in [0.1, 0.15) is 24.0 Å². The molecule has 0 fully saturated rings. The third-order valence-corrected chi connectivity index (χ3v) is 12.2. The van der Waals surface area contributed by atoms with Gasteiger partial charge in [-0.05, 0) is 70.7 Å². The van der Waals surface area contributed by atoms with Crippen molar-refractivity contribution in [1.29, 1.82) is 0 Å². The fourth-order valence-electron chi connectivity index (χ4n) is 7.35. The topological polar surface area (TPSA) is 12.9 Å². The first kappa shape index (κ1) is 28.8. The van der Waals surface area contributed by atoms with E-state index in [1.165, 1.54) is 70.8 Å². The summed E-state index contributed by atoms with van der Waals surface area (Å²) >= 11 is 0. The van der Waals surface area contributed by atoms with E-state index in [-0.39, 0.29) is 0 Å². The van der Waals surface area contributed by atoms with E-state index in [9.17, 15) is 0 Å². The van der Waals surface area contributed by atoms with Gasteiger partial charge in [-0.3, -0.25) is 0 Å². The molecule has 48 heavy (non-hydrogen) atoms. The number of hydrogen-bond acceptors (Lipinski definition) is 1. The maximum Gasteiger partial charge on any atom is 0.0794 e. The zero-order valence-electron chi connectivity index (χ0n) is 26.7. The molecule has 1 atom stereocenters. The molecule has 7 aromatic rings. The van der Waals surface area contributed by atoms with Gasteiger partial charge < -0.3 is 0 Å². The van der Waals surface area contributed by atoms with E-state index in [4.69, 9.17) is 4.98 Å². The van der Waals surface area contributed by atoms with Gasteiger partial charge in [-0.2, -0.15) is 0 Å². The third-order valence-electron chi connectivity index (χ3n) is 9.72. The number of nitrogens with zero attached hydrogens (tertiary/aromatic N) is 1. The van der Waals surface area contributed by atoms with E-state index in [0.717, 1.165) is 30.3 Å². The van der Waals surface area contributed by atoms with Crippen molar-refractivity contribution in [2.24, 2.45) is 0 Å². The van der Waals surface area contributed by atoms with Crippen molar-refractivity contribution in [3.8, 4) is 22.3 Å². The Kier molecular flexibility index (Phi) is 7.41. The molecular weight excluding hydrogens is 597 g/mol. The highest BCUT2D eigenvalue weighted by molar-refractivity contribution is 7.77. The van der Waals surface area contributed by atoms with Crippen molar-refractivity contribution in [2.75, 3.05) is 0 Å². The molecule has 0 aliphatic heterocycles. The van der Waals surface area contributed by atoms with Gasteiger partial charge in [0.25, 0.3) is 0 Å². The highest BCUT2D eigenvalue weighted by atomic mass is 31.1. The number of fused-ring (bicyclic) bond motifs is 6. The summed E-state index contributed by atoms with van der Waals surface area (Å²) in [6, 6.07) is 47.1. The first-order chi connectivity index (χ1) is 23.8. The van der Waals surface area contributed by atoms with Crippen LogP contribution in [0.5, 0.6) is 0 Å². The summed E-state index contributed by atoms with van der Waals surface area (Å²) in [6.45, 7) is 0. The summed E-state index contributed by atoms with van der Waals surface area (Å²) in [5.74, 6) is 0. The van der Waals surface area contributed by atoms with E-state index >= 15 is 0 Å². The Morgan fingerprint density at radius 1 is 0.521 bits per heavy atom. The third kappa shape index (κ3) is 5.12. The van der Waals surface area contributed by atoms with E-state index < -0.39 is 7.92 Å². The van der Waals surface area contributed by atoms with Gasteiger partial charge in [0.1, 0.15) is 0 Å². The second kappa shape index (κ2) is 12.3. The number of aromatic nitrogens is 1. The van der Waals surface area contributed by atoms with Crippen LogP contribution in [0.25, 0.3) is 60.9 Å². The first-order valence-electron chi connectivity index (χ1n) is 16.8. The largest absolute Gasteiger partial charge is 0.246 e. The number of benzene rings is 6. The zero-order chi connectivity index (χ0) is 31.9. The van der Waals surface area contributed by atoms with Crippen molar-refractivity contribution in [3.63, 3.8) is 0 Å². The Balaban J connectivity index is 1.13. The SMILES string of the molecule is C1=CCC=C(P(c2ccccc2)c2ccc(-c3ccc(-c4c5ccc6c(c5nc5c4ccc4ccccc45)C=CCC6)cc3)cc2)C=C1. The average molecular weight is 632 g/mol. The van der Waals surface area contributed by atoms with Crippen LogP contribution in [0.15, 0.2) is 169 Å². The Morgan fingerprint density at radius 2 is 1.23 bits per heavy atom. The van der Waals surface area contributed by atoms with Crippen LogP contribution in [-0.4, -0.2) is 4.98 Å². The molecule has 9 rings (SSSR count). The lowest BCUT2D eigenvalue weighted by atomic mass is 9.89. The van der Waals surface area contributed by atoms with Gasteiger partial charge in [0.15, 0.2) is 0 Å². The summed E-state index contributed by atoms with van der Waals surface area (Å²) in [7, 11) is -0.630. The molecule has 0 saturated carbocycles. The summed E-state index contributed by atoms with van der Waals surface area (Å²) in [6.07, 6.45) is 18.9. The Hall–Kier alpha value is -5.36. The molecule has 2 aliphatic carbocycles. The Labute approximate surface area is 283 Å². The van der Waals surface area contributed by atoms with Gasteiger partial charge in [0, 0.05) is 27.3 Å². The fourth-order valence-corrected chi connectivity index (χ4v) is 9.69. The quantitative estimate of drug-likeness (QED) is 0.105. The van der Waals surface area contributed by atoms with Gasteiger partial charge >= 0.3 is 0 Å². The van der Waals surface area contributed by atoms with Crippen molar-refractivity contribution < 1.29 is 0 Å². The second-order valence-electron chi connectivity index (χ2n) is 12.6. The van der Waals surface area contributed by atoms with Crippen molar-refractivity contribution in [1.82, 2.24) is 4.98 Å². The second-order valence-corrected chi connectivity index (χ2v) is 14.8. The maximum atomic E-state index is 5.39. The minimum absolute atomic E-state index is 0.630.